The van der Waals surface area contributed by atoms with E-state index in [1.165, 1.54) is 18.2 Å². The lowest BCUT2D eigenvalue weighted by atomic mass is 9.82. The Bertz CT molecular complexity index is 889. The molecule has 180 valence electrons. The van der Waals surface area contributed by atoms with Gasteiger partial charge in [-0.15, -0.1) is 0 Å². The fraction of sp³-hybridized carbons (Fsp3) is 0.652. The van der Waals surface area contributed by atoms with Gasteiger partial charge in [0.15, 0.2) is 6.61 Å². The van der Waals surface area contributed by atoms with Crippen LogP contribution in [0.4, 0.5) is 4.39 Å². The summed E-state index contributed by atoms with van der Waals surface area (Å²) in [7, 11) is 0. The van der Waals surface area contributed by atoms with Crippen LogP contribution in [0.15, 0.2) is 18.2 Å². The summed E-state index contributed by atoms with van der Waals surface area (Å²) in [5.41, 5.74) is 9.44. The van der Waals surface area contributed by atoms with E-state index in [-0.39, 0.29) is 23.5 Å². The highest BCUT2D eigenvalue weighted by atomic mass is 35.5. The number of hydrogen-bond donors (Lipinski definition) is 3. The SMILES string of the molecule is O=C(COc1ccc(F)cc1Cl)N1CC[C@@H]2CN(C(=O)C3CCC4NNNC4C3)C[C@@H]2CC1. The van der Waals surface area contributed by atoms with E-state index >= 15 is 0 Å². The fourth-order valence-corrected chi connectivity index (χ4v) is 6.03. The van der Waals surface area contributed by atoms with Crippen LogP contribution in [0.2, 0.25) is 5.02 Å². The second kappa shape index (κ2) is 9.74. The Morgan fingerprint density at radius 3 is 2.48 bits per heavy atom. The van der Waals surface area contributed by atoms with Crippen LogP contribution in [-0.4, -0.2) is 66.5 Å². The zero-order valence-corrected chi connectivity index (χ0v) is 19.3. The fourth-order valence-electron chi connectivity index (χ4n) is 5.81. The quantitative estimate of drug-likeness (QED) is 0.609. The minimum Gasteiger partial charge on any atom is -0.482 e. The van der Waals surface area contributed by atoms with Crippen molar-refractivity contribution in [3.8, 4) is 5.75 Å². The second-order valence-electron chi connectivity index (χ2n) is 9.72. The Kier molecular flexibility index (Phi) is 6.74. The maximum atomic E-state index is 13.2. The monoisotopic (exact) mass is 479 g/mol. The van der Waals surface area contributed by atoms with E-state index in [4.69, 9.17) is 16.3 Å². The van der Waals surface area contributed by atoms with Crippen molar-refractivity contribution in [1.29, 1.82) is 0 Å². The number of hydrogen-bond acceptors (Lipinski definition) is 6. The molecule has 10 heteroatoms. The van der Waals surface area contributed by atoms with Gasteiger partial charge in [-0.25, -0.2) is 15.2 Å². The number of fused-ring (bicyclic) bond motifs is 2. The van der Waals surface area contributed by atoms with Gasteiger partial charge in [0.25, 0.3) is 5.91 Å². The minimum atomic E-state index is -0.442. The number of nitrogens with zero attached hydrogens (tertiary/aromatic N) is 2. The molecular formula is C23H31ClFN5O3. The maximum Gasteiger partial charge on any atom is 0.260 e. The molecule has 0 aromatic heterocycles. The van der Waals surface area contributed by atoms with Crippen molar-refractivity contribution < 1.29 is 18.7 Å². The van der Waals surface area contributed by atoms with E-state index in [9.17, 15) is 14.0 Å². The number of benzene rings is 1. The topological polar surface area (TPSA) is 85.9 Å². The molecule has 5 rings (SSSR count). The normalized spacial score (nSPS) is 31.6. The van der Waals surface area contributed by atoms with Crippen molar-refractivity contribution in [3.63, 3.8) is 0 Å². The third-order valence-corrected chi connectivity index (χ3v) is 8.04. The van der Waals surface area contributed by atoms with Crippen LogP contribution in [0.1, 0.15) is 32.1 Å². The first kappa shape index (κ1) is 22.8. The van der Waals surface area contributed by atoms with Gasteiger partial charge in [0.05, 0.1) is 5.02 Å². The summed E-state index contributed by atoms with van der Waals surface area (Å²) < 4.78 is 18.7. The van der Waals surface area contributed by atoms with Crippen LogP contribution in [0.3, 0.4) is 0 Å². The lowest BCUT2D eigenvalue weighted by Gasteiger charge is -2.32. The summed E-state index contributed by atoms with van der Waals surface area (Å²) in [4.78, 5) is 29.8. The van der Waals surface area contributed by atoms with Crippen LogP contribution in [0.25, 0.3) is 0 Å². The number of likely N-dealkylation sites (tertiary alicyclic amines) is 2. The van der Waals surface area contributed by atoms with Crippen LogP contribution in [-0.2, 0) is 9.59 Å². The molecule has 3 saturated heterocycles. The van der Waals surface area contributed by atoms with E-state index < -0.39 is 5.82 Å². The lowest BCUT2D eigenvalue weighted by molar-refractivity contribution is -0.136. The Balaban J connectivity index is 1.10. The van der Waals surface area contributed by atoms with E-state index in [0.717, 1.165) is 45.2 Å². The number of nitrogens with one attached hydrogen (secondary N) is 3. The van der Waals surface area contributed by atoms with Gasteiger partial charge in [-0.1, -0.05) is 11.6 Å². The average Bonchev–Trinajstić information content (AvgIpc) is 3.39. The number of halogens is 2. The van der Waals surface area contributed by atoms with Gasteiger partial charge >= 0.3 is 0 Å². The minimum absolute atomic E-state index is 0.0914. The molecule has 3 aliphatic heterocycles. The zero-order valence-electron chi connectivity index (χ0n) is 18.6. The standard InChI is InChI=1S/C23H31ClFN5O3/c24-18-10-17(25)2-4-21(18)33-13-22(31)29-7-5-15-11-30(12-16(15)6-8-29)23(32)14-1-3-19-20(9-14)27-28-26-19/h2,4,10,14-16,19-20,26-28H,1,3,5-9,11-13H2/t14?,15-,16+,19?,20?. The Labute approximate surface area is 198 Å². The molecule has 4 aliphatic rings. The number of ether oxygens (including phenoxy) is 1. The number of carbonyl (C=O) groups excluding carboxylic acids is 2. The molecule has 0 spiro atoms. The van der Waals surface area contributed by atoms with E-state index in [1.807, 2.05) is 4.90 Å². The highest BCUT2D eigenvalue weighted by Gasteiger charge is 2.42. The summed E-state index contributed by atoms with van der Waals surface area (Å²) >= 11 is 5.98. The molecule has 1 aliphatic carbocycles. The van der Waals surface area contributed by atoms with Gasteiger partial charge in [0, 0.05) is 44.2 Å². The van der Waals surface area contributed by atoms with Crippen molar-refractivity contribution in [3.05, 3.63) is 29.0 Å². The molecule has 5 atom stereocenters. The maximum absolute atomic E-state index is 13.2. The van der Waals surface area contributed by atoms with Gasteiger partial charge in [-0.05, 0) is 62.1 Å². The van der Waals surface area contributed by atoms with Crippen molar-refractivity contribution in [1.82, 2.24) is 26.2 Å². The predicted octanol–water partition coefficient (Wildman–Crippen LogP) is 1.70. The molecule has 4 fully saturated rings. The number of carbonyl (C=O) groups is 2. The Hall–Kier alpha value is -1.94. The molecule has 2 amide bonds. The number of rotatable bonds is 4. The van der Waals surface area contributed by atoms with E-state index in [1.54, 1.807) is 0 Å². The second-order valence-corrected chi connectivity index (χ2v) is 10.1. The summed E-state index contributed by atoms with van der Waals surface area (Å²) in [6, 6.07) is 4.59. The summed E-state index contributed by atoms with van der Waals surface area (Å²) in [5.74, 6) is 1.03. The largest absolute Gasteiger partial charge is 0.482 e. The molecule has 0 radical (unpaired) electrons. The number of hydrazine groups is 2. The van der Waals surface area contributed by atoms with Crippen LogP contribution in [0, 0.1) is 23.6 Å². The number of amides is 2. The van der Waals surface area contributed by atoms with E-state index in [0.29, 0.717) is 48.7 Å². The van der Waals surface area contributed by atoms with Gasteiger partial charge in [0.1, 0.15) is 11.6 Å². The first-order chi connectivity index (χ1) is 16.0. The van der Waals surface area contributed by atoms with Gasteiger partial charge in [0.2, 0.25) is 5.91 Å². The van der Waals surface area contributed by atoms with Gasteiger partial charge < -0.3 is 14.5 Å². The van der Waals surface area contributed by atoms with Crippen LogP contribution < -0.4 is 21.1 Å². The highest BCUT2D eigenvalue weighted by molar-refractivity contribution is 6.32. The molecule has 3 unspecified atom stereocenters. The summed E-state index contributed by atoms with van der Waals surface area (Å²) in [6.45, 7) is 2.80. The molecule has 3 N–H and O–H groups in total. The third-order valence-electron chi connectivity index (χ3n) is 7.74. The summed E-state index contributed by atoms with van der Waals surface area (Å²) in [5, 5.41) is 0.155. The summed E-state index contributed by atoms with van der Waals surface area (Å²) in [6.07, 6.45) is 4.59. The van der Waals surface area contributed by atoms with Gasteiger partial charge in [-0.2, -0.15) is 5.53 Å². The molecule has 3 heterocycles. The van der Waals surface area contributed by atoms with Crippen molar-refractivity contribution >= 4 is 23.4 Å². The first-order valence-electron chi connectivity index (χ1n) is 11.9. The molecule has 1 saturated carbocycles. The predicted molar refractivity (Wildman–Crippen MR) is 121 cm³/mol. The highest BCUT2D eigenvalue weighted by Crippen LogP contribution is 2.35. The van der Waals surface area contributed by atoms with Crippen LogP contribution >= 0.6 is 11.6 Å². The molecule has 8 nitrogen and oxygen atoms in total. The van der Waals surface area contributed by atoms with E-state index in [2.05, 4.69) is 21.3 Å². The van der Waals surface area contributed by atoms with Gasteiger partial charge in [-0.3, -0.25) is 9.59 Å². The lowest BCUT2D eigenvalue weighted by Crippen LogP contribution is -2.45. The smallest absolute Gasteiger partial charge is 0.260 e. The molecule has 1 aromatic carbocycles. The Morgan fingerprint density at radius 1 is 1.03 bits per heavy atom. The molecule has 33 heavy (non-hydrogen) atoms. The average molecular weight is 480 g/mol. The van der Waals surface area contributed by atoms with Crippen molar-refractivity contribution in [2.24, 2.45) is 17.8 Å². The molecule has 1 aromatic rings. The zero-order chi connectivity index (χ0) is 22.9. The van der Waals surface area contributed by atoms with Crippen molar-refractivity contribution in [2.45, 2.75) is 44.2 Å². The van der Waals surface area contributed by atoms with Crippen molar-refractivity contribution in [2.75, 3.05) is 32.8 Å². The molecular weight excluding hydrogens is 449 g/mol. The third kappa shape index (κ3) is 4.96. The van der Waals surface area contributed by atoms with Crippen LogP contribution in [0.5, 0.6) is 5.75 Å². The first-order valence-corrected chi connectivity index (χ1v) is 12.3. The molecule has 0 bridgehead atoms. The Morgan fingerprint density at radius 2 is 1.76 bits per heavy atom.